The third-order valence-corrected chi connectivity index (χ3v) is 1.68. The van der Waals surface area contributed by atoms with Gasteiger partial charge in [0.15, 0.2) is 0 Å². The molecule has 0 amide bonds. The first-order valence-electron chi connectivity index (χ1n) is 4.31. The normalized spacial score (nSPS) is 8.75. The topological polar surface area (TPSA) is 38.9 Å². The van der Waals surface area contributed by atoms with Crippen LogP contribution in [-0.2, 0) is 0 Å². The van der Waals surface area contributed by atoms with Gasteiger partial charge in [0, 0.05) is 17.1 Å². The van der Waals surface area contributed by atoms with Gasteiger partial charge in [-0.05, 0) is 32.4 Å². The molecular formula is C10H18N2. The number of hydrogen-bond acceptors (Lipinski definition) is 2. The van der Waals surface area contributed by atoms with E-state index in [2.05, 4.69) is 4.98 Å². The van der Waals surface area contributed by atoms with E-state index in [1.165, 1.54) is 0 Å². The van der Waals surface area contributed by atoms with Crippen molar-refractivity contribution in [2.75, 3.05) is 5.73 Å². The number of nitrogens with zero attached hydrogens (tertiary/aromatic N) is 1. The molecule has 2 N–H and O–H groups in total. The molecule has 0 fully saturated rings. The summed E-state index contributed by atoms with van der Waals surface area (Å²) >= 11 is 0. The van der Waals surface area contributed by atoms with Crippen LogP contribution >= 0.6 is 0 Å². The van der Waals surface area contributed by atoms with E-state index >= 15 is 0 Å². The minimum Gasteiger partial charge on any atom is -0.398 e. The zero-order valence-electron chi connectivity index (χ0n) is 8.60. The summed E-state index contributed by atoms with van der Waals surface area (Å²) in [5.74, 6) is 0. The van der Waals surface area contributed by atoms with Crippen LogP contribution < -0.4 is 5.73 Å². The van der Waals surface area contributed by atoms with Crippen molar-refractivity contribution in [2.45, 2.75) is 34.6 Å². The van der Waals surface area contributed by atoms with E-state index in [-0.39, 0.29) is 0 Å². The molecule has 0 aliphatic heterocycles. The van der Waals surface area contributed by atoms with Crippen LogP contribution in [-0.4, -0.2) is 4.98 Å². The highest BCUT2D eigenvalue weighted by Crippen LogP contribution is 2.13. The summed E-state index contributed by atoms with van der Waals surface area (Å²) in [5, 5.41) is 0. The summed E-state index contributed by atoms with van der Waals surface area (Å²) in [5.41, 5.74) is 9.62. The number of pyridine rings is 1. The molecule has 0 aliphatic rings. The fourth-order valence-electron chi connectivity index (χ4n) is 0.923. The predicted octanol–water partition coefficient (Wildman–Crippen LogP) is 2.62. The van der Waals surface area contributed by atoms with Crippen molar-refractivity contribution >= 4 is 5.69 Å². The van der Waals surface area contributed by atoms with Gasteiger partial charge in [0.25, 0.3) is 0 Å². The first kappa shape index (κ1) is 11.0. The Morgan fingerprint density at radius 3 is 2.08 bits per heavy atom. The maximum Gasteiger partial charge on any atom is 0.0425 e. The zero-order valence-corrected chi connectivity index (χ0v) is 8.60. The lowest BCUT2D eigenvalue weighted by Gasteiger charge is -2.03. The third kappa shape index (κ3) is 2.53. The van der Waals surface area contributed by atoms with Gasteiger partial charge in [-0.15, -0.1) is 0 Å². The minimum absolute atomic E-state index is 0.838. The Labute approximate surface area is 74.8 Å². The van der Waals surface area contributed by atoms with E-state index in [1.54, 1.807) is 0 Å². The SMILES string of the molecule is CC.Cc1cc(N)c(C)c(C)n1. The predicted molar refractivity (Wildman–Crippen MR) is 54.2 cm³/mol. The second-order valence-corrected chi connectivity index (χ2v) is 2.56. The molecule has 2 heteroatoms. The lowest BCUT2D eigenvalue weighted by Crippen LogP contribution is -1.96. The van der Waals surface area contributed by atoms with Gasteiger partial charge < -0.3 is 5.73 Å². The monoisotopic (exact) mass is 166 g/mol. The Hall–Kier alpha value is -1.05. The largest absolute Gasteiger partial charge is 0.398 e. The molecular weight excluding hydrogens is 148 g/mol. The molecule has 12 heavy (non-hydrogen) atoms. The average Bonchev–Trinajstić information content (AvgIpc) is 2.04. The van der Waals surface area contributed by atoms with Gasteiger partial charge in [-0.25, -0.2) is 0 Å². The van der Waals surface area contributed by atoms with Crippen molar-refractivity contribution in [3.05, 3.63) is 23.0 Å². The lowest BCUT2D eigenvalue weighted by molar-refractivity contribution is 1.09. The molecule has 0 saturated carbocycles. The Morgan fingerprint density at radius 2 is 1.67 bits per heavy atom. The number of nitrogens with two attached hydrogens (primary N) is 1. The van der Waals surface area contributed by atoms with Crippen LogP contribution in [0, 0.1) is 20.8 Å². The van der Waals surface area contributed by atoms with Gasteiger partial charge in [0.2, 0.25) is 0 Å². The van der Waals surface area contributed by atoms with Crippen LogP contribution in [0.1, 0.15) is 30.8 Å². The maximum absolute atomic E-state index is 5.68. The number of aryl methyl sites for hydroxylation is 2. The van der Waals surface area contributed by atoms with Crippen molar-refractivity contribution in [3.63, 3.8) is 0 Å². The Bertz CT molecular complexity index is 231. The standard InChI is InChI=1S/C8H12N2.C2H6/c1-5-4-8(9)6(2)7(3)10-5;1-2/h4H,1-3H3,(H2,9,10);1-2H3. The van der Waals surface area contributed by atoms with E-state index in [4.69, 9.17) is 5.73 Å². The quantitative estimate of drug-likeness (QED) is 0.643. The van der Waals surface area contributed by atoms with Crippen LogP contribution in [0.5, 0.6) is 0 Å². The van der Waals surface area contributed by atoms with E-state index in [0.717, 1.165) is 22.6 Å². The van der Waals surface area contributed by atoms with Crippen LogP contribution in [0.3, 0.4) is 0 Å². The third-order valence-electron chi connectivity index (χ3n) is 1.68. The molecule has 1 heterocycles. The highest BCUT2D eigenvalue weighted by molar-refractivity contribution is 5.48. The van der Waals surface area contributed by atoms with Crippen molar-refractivity contribution in [1.82, 2.24) is 4.98 Å². The molecule has 0 saturated heterocycles. The Kier molecular flexibility index (Phi) is 4.34. The van der Waals surface area contributed by atoms with Crippen molar-refractivity contribution in [2.24, 2.45) is 0 Å². The number of hydrogen-bond donors (Lipinski definition) is 1. The molecule has 1 aromatic heterocycles. The van der Waals surface area contributed by atoms with Crippen LogP contribution in [0.4, 0.5) is 5.69 Å². The fraction of sp³-hybridized carbons (Fsp3) is 0.500. The van der Waals surface area contributed by atoms with Gasteiger partial charge in [0.1, 0.15) is 0 Å². The van der Waals surface area contributed by atoms with E-state index < -0.39 is 0 Å². The molecule has 68 valence electrons. The van der Waals surface area contributed by atoms with Crippen molar-refractivity contribution < 1.29 is 0 Å². The maximum atomic E-state index is 5.68. The van der Waals surface area contributed by atoms with Crippen LogP contribution in [0.25, 0.3) is 0 Å². The molecule has 0 bridgehead atoms. The molecule has 2 nitrogen and oxygen atoms in total. The molecule has 1 rings (SSSR count). The van der Waals surface area contributed by atoms with Gasteiger partial charge in [0.05, 0.1) is 0 Å². The molecule has 0 aromatic carbocycles. The average molecular weight is 166 g/mol. The number of nitrogen functional groups attached to an aromatic ring is 1. The van der Waals surface area contributed by atoms with Crippen molar-refractivity contribution in [1.29, 1.82) is 0 Å². The number of rotatable bonds is 0. The smallest absolute Gasteiger partial charge is 0.0425 e. The first-order valence-corrected chi connectivity index (χ1v) is 4.31. The van der Waals surface area contributed by atoms with Gasteiger partial charge in [-0.1, -0.05) is 13.8 Å². The summed E-state index contributed by atoms with van der Waals surface area (Å²) in [6.45, 7) is 9.90. The highest BCUT2D eigenvalue weighted by atomic mass is 14.7. The zero-order chi connectivity index (χ0) is 9.72. The van der Waals surface area contributed by atoms with Gasteiger partial charge >= 0.3 is 0 Å². The van der Waals surface area contributed by atoms with E-state index in [0.29, 0.717) is 0 Å². The second-order valence-electron chi connectivity index (χ2n) is 2.56. The van der Waals surface area contributed by atoms with E-state index in [9.17, 15) is 0 Å². The summed E-state index contributed by atoms with van der Waals surface area (Å²) in [7, 11) is 0. The number of aromatic nitrogens is 1. The van der Waals surface area contributed by atoms with Gasteiger partial charge in [-0.2, -0.15) is 0 Å². The second kappa shape index (κ2) is 4.75. The summed E-state index contributed by atoms with van der Waals surface area (Å²) in [6.07, 6.45) is 0. The summed E-state index contributed by atoms with van der Waals surface area (Å²) in [6, 6.07) is 1.89. The molecule has 0 aliphatic carbocycles. The summed E-state index contributed by atoms with van der Waals surface area (Å²) in [4.78, 5) is 4.25. The Balaban J connectivity index is 0.000000561. The molecule has 0 spiro atoms. The fourth-order valence-corrected chi connectivity index (χ4v) is 0.923. The lowest BCUT2D eigenvalue weighted by atomic mass is 10.2. The Morgan fingerprint density at radius 1 is 1.17 bits per heavy atom. The number of anilines is 1. The summed E-state index contributed by atoms with van der Waals surface area (Å²) < 4.78 is 0. The first-order chi connectivity index (χ1) is 5.61. The highest BCUT2D eigenvalue weighted by Gasteiger charge is 1.98. The molecule has 0 atom stereocenters. The van der Waals surface area contributed by atoms with E-state index in [1.807, 2.05) is 40.7 Å². The molecule has 1 aromatic rings. The molecule has 0 unspecified atom stereocenters. The molecule has 0 radical (unpaired) electrons. The van der Waals surface area contributed by atoms with Crippen LogP contribution in [0.2, 0.25) is 0 Å². The van der Waals surface area contributed by atoms with Gasteiger partial charge in [-0.3, -0.25) is 4.98 Å². The van der Waals surface area contributed by atoms with Crippen molar-refractivity contribution in [3.8, 4) is 0 Å². The minimum atomic E-state index is 0.838. The van der Waals surface area contributed by atoms with Crippen LogP contribution in [0.15, 0.2) is 6.07 Å².